The normalized spacial score (nSPS) is 37.8. The van der Waals surface area contributed by atoms with Crippen molar-refractivity contribution in [2.24, 2.45) is 17.8 Å². The van der Waals surface area contributed by atoms with Crippen LogP contribution >= 0.6 is 0 Å². The SMILES string of the molecule is CC1CCN(C(=O)C2C3C=CC(O3)C2C(=O)O)CC1. The lowest BCUT2D eigenvalue weighted by Gasteiger charge is -2.34. The van der Waals surface area contributed by atoms with Crippen LogP contribution < -0.4 is 0 Å². The summed E-state index contributed by atoms with van der Waals surface area (Å²) in [5, 5.41) is 9.31. The van der Waals surface area contributed by atoms with E-state index in [1.165, 1.54) is 0 Å². The van der Waals surface area contributed by atoms with E-state index in [1.807, 2.05) is 11.0 Å². The second-order valence-electron chi connectivity index (χ2n) is 5.85. The van der Waals surface area contributed by atoms with E-state index in [1.54, 1.807) is 6.08 Å². The minimum Gasteiger partial charge on any atom is -0.481 e. The molecule has 4 atom stereocenters. The largest absolute Gasteiger partial charge is 0.481 e. The third-order valence-corrected chi connectivity index (χ3v) is 4.57. The zero-order chi connectivity index (χ0) is 13.6. The van der Waals surface area contributed by atoms with Gasteiger partial charge in [-0.25, -0.2) is 0 Å². The number of piperidine rings is 1. The molecule has 2 saturated heterocycles. The quantitative estimate of drug-likeness (QED) is 0.753. The first-order valence-corrected chi connectivity index (χ1v) is 6.93. The molecule has 104 valence electrons. The minimum atomic E-state index is -0.930. The summed E-state index contributed by atoms with van der Waals surface area (Å²) in [6.07, 6.45) is 4.82. The fraction of sp³-hybridized carbons (Fsp3) is 0.714. The van der Waals surface area contributed by atoms with Crippen molar-refractivity contribution >= 4 is 11.9 Å². The molecule has 0 aromatic carbocycles. The summed E-state index contributed by atoms with van der Waals surface area (Å²) in [4.78, 5) is 25.7. The first-order chi connectivity index (χ1) is 9.08. The van der Waals surface area contributed by atoms with Gasteiger partial charge in [0, 0.05) is 13.1 Å². The number of carboxylic acids is 1. The lowest BCUT2D eigenvalue weighted by atomic mass is 9.81. The molecule has 0 spiro atoms. The van der Waals surface area contributed by atoms with Gasteiger partial charge in [-0.05, 0) is 18.8 Å². The molecule has 5 nitrogen and oxygen atoms in total. The Hall–Kier alpha value is -1.36. The highest BCUT2D eigenvalue weighted by Gasteiger charge is 2.54. The minimum absolute atomic E-state index is 0.0452. The number of carbonyl (C=O) groups excluding carboxylic acids is 1. The number of amides is 1. The molecular weight excluding hydrogens is 246 g/mol. The zero-order valence-corrected chi connectivity index (χ0v) is 11.0. The van der Waals surface area contributed by atoms with Crippen molar-refractivity contribution in [2.75, 3.05) is 13.1 Å². The molecule has 3 aliphatic heterocycles. The fourth-order valence-corrected chi connectivity index (χ4v) is 3.34. The average molecular weight is 265 g/mol. The van der Waals surface area contributed by atoms with Crippen molar-refractivity contribution in [3.63, 3.8) is 0 Å². The van der Waals surface area contributed by atoms with Crippen LogP contribution in [0.3, 0.4) is 0 Å². The highest BCUT2D eigenvalue weighted by molar-refractivity contribution is 5.87. The number of rotatable bonds is 2. The Balaban J connectivity index is 1.75. The maximum Gasteiger partial charge on any atom is 0.310 e. The van der Waals surface area contributed by atoms with Crippen LogP contribution in [-0.4, -0.2) is 47.2 Å². The van der Waals surface area contributed by atoms with Crippen LogP contribution in [0.2, 0.25) is 0 Å². The molecule has 0 saturated carbocycles. The highest BCUT2D eigenvalue weighted by atomic mass is 16.5. The average Bonchev–Trinajstić information content (AvgIpc) is 2.98. The summed E-state index contributed by atoms with van der Waals surface area (Å²) >= 11 is 0. The van der Waals surface area contributed by atoms with Gasteiger partial charge in [0.15, 0.2) is 0 Å². The van der Waals surface area contributed by atoms with Gasteiger partial charge in [0.25, 0.3) is 0 Å². The molecule has 1 N–H and O–H groups in total. The van der Waals surface area contributed by atoms with E-state index in [2.05, 4.69) is 6.92 Å². The van der Waals surface area contributed by atoms with E-state index < -0.39 is 23.9 Å². The van der Waals surface area contributed by atoms with Crippen LogP contribution in [-0.2, 0) is 14.3 Å². The molecule has 0 radical (unpaired) electrons. The zero-order valence-electron chi connectivity index (χ0n) is 11.0. The molecule has 0 aromatic rings. The number of aliphatic carboxylic acids is 1. The fourth-order valence-electron chi connectivity index (χ4n) is 3.34. The standard InChI is InChI=1S/C14H19NO4/c1-8-4-6-15(7-5-8)13(16)11-9-2-3-10(19-9)12(11)14(17)18/h2-3,8-12H,4-7H2,1H3,(H,17,18). The molecule has 0 aliphatic carbocycles. The summed E-state index contributed by atoms with van der Waals surface area (Å²) in [7, 11) is 0. The Labute approximate surface area is 112 Å². The number of carbonyl (C=O) groups is 2. The van der Waals surface area contributed by atoms with Gasteiger partial charge in [-0.1, -0.05) is 19.1 Å². The molecule has 4 unspecified atom stereocenters. The summed E-state index contributed by atoms with van der Waals surface area (Å²) in [5.41, 5.74) is 0. The van der Waals surface area contributed by atoms with Gasteiger partial charge >= 0.3 is 5.97 Å². The molecule has 2 bridgehead atoms. The molecule has 3 rings (SSSR count). The number of fused-ring (bicyclic) bond motifs is 2. The number of nitrogens with zero attached hydrogens (tertiary/aromatic N) is 1. The summed E-state index contributed by atoms with van der Waals surface area (Å²) in [5.74, 6) is -1.59. The van der Waals surface area contributed by atoms with Gasteiger partial charge in [-0.15, -0.1) is 0 Å². The lowest BCUT2D eigenvalue weighted by Crippen LogP contribution is -2.47. The molecule has 0 aromatic heterocycles. The third-order valence-electron chi connectivity index (χ3n) is 4.57. The molecule has 5 heteroatoms. The second-order valence-corrected chi connectivity index (χ2v) is 5.85. The number of likely N-dealkylation sites (tertiary alicyclic amines) is 1. The van der Waals surface area contributed by atoms with Crippen LogP contribution in [0.5, 0.6) is 0 Å². The van der Waals surface area contributed by atoms with Crippen molar-refractivity contribution in [1.29, 1.82) is 0 Å². The van der Waals surface area contributed by atoms with Gasteiger partial charge in [-0.2, -0.15) is 0 Å². The van der Waals surface area contributed by atoms with Crippen molar-refractivity contribution in [3.8, 4) is 0 Å². The van der Waals surface area contributed by atoms with Crippen molar-refractivity contribution < 1.29 is 19.4 Å². The molecule has 1 amide bonds. The molecule has 19 heavy (non-hydrogen) atoms. The number of hydrogen-bond donors (Lipinski definition) is 1. The molecule has 3 heterocycles. The molecule has 3 aliphatic rings. The van der Waals surface area contributed by atoms with Crippen LogP contribution in [0, 0.1) is 17.8 Å². The Morgan fingerprint density at radius 2 is 1.74 bits per heavy atom. The van der Waals surface area contributed by atoms with Gasteiger partial charge in [0.1, 0.15) is 5.92 Å². The topological polar surface area (TPSA) is 66.8 Å². The van der Waals surface area contributed by atoms with Crippen LogP contribution in [0.15, 0.2) is 12.2 Å². The third kappa shape index (κ3) is 2.06. The Morgan fingerprint density at radius 1 is 1.16 bits per heavy atom. The Bertz CT molecular complexity index is 425. The van der Waals surface area contributed by atoms with E-state index in [0.717, 1.165) is 25.9 Å². The summed E-state index contributed by atoms with van der Waals surface area (Å²) < 4.78 is 5.55. The van der Waals surface area contributed by atoms with Crippen molar-refractivity contribution in [2.45, 2.75) is 32.0 Å². The predicted octanol–water partition coefficient (Wildman–Crippen LogP) is 0.899. The van der Waals surface area contributed by atoms with Crippen LogP contribution in [0.1, 0.15) is 19.8 Å². The van der Waals surface area contributed by atoms with E-state index in [-0.39, 0.29) is 12.0 Å². The smallest absolute Gasteiger partial charge is 0.310 e. The molecule has 2 fully saturated rings. The van der Waals surface area contributed by atoms with Crippen molar-refractivity contribution in [1.82, 2.24) is 4.90 Å². The Kier molecular flexibility index (Phi) is 3.09. The first kappa shape index (κ1) is 12.7. The van der Waals surface area contributed by atoms with Crippen LogP contribution in [0.4, 0.5) is 0 Å². The maximum atomic E-state index is 12.6. The van der Waals surface area contributed by atoms with Gasteiger partial charge in [0.2, 0.25) is 5.91 Å². The number of ether oxygens (including phenoxy) is 1. The van der Waals surface area contributed by atoms with Crippen molar-refractivity contribution in [3.05, 3.63) is 12.2 Å². The lowest BCUT2D eigenvalue weighted by molar-refractivity contribution is -0.150. The monoisotopic (exact) mass is 265 g/mol. The van der Waals surface area contributed by atoms with Gasteiger partial charge < -0.3 is 14.7 Å². The van der Waals surface area contributed by atoms with E-state index in [0.29, 0.717) is 5.92 Å². The predicted molar refractivity (Wildman–Crippen MR) is 67.4 cm³/mol. The Morgan fingerprint density at radius 3 is 2.32 bits per heavy atom. The highest BCUT2D eigenvalue weighted by Crippen LogP contribution is 2.40. The number of hydrogen-bond acceptors (Lipinski definition) is 3. The van der Waals surface area contributed by atoms with Crippen LogP contribution in [0.25, 0.3) is 0 Å². The second kappa shape index (κ2) is 4.63. The maximum absolute atomic E-state index is 12.6. The van der Waals surface area contributed by atoms with Gasteiger partial charge in [-0.3, -0.25) is 9.59 Å². The van der Waals surface area contributed by atoms with E-state index in [9.17, 15) is 14.7 Å². The summed E-state index contributed by atoms with van der Waals surface area (Å²) in [6, 6.07) is 0. The molecular formula is C14H19NO4. The van der Waals surface area contributed by atoms with Gasteiger partial charge in [0.05, 0.1) is 18.1 Å². The van der Waals surface area contributed by atoms with E-state index in [4.69, 9.17) is 4.74 Å². The van der Waals surface area contributed by atoms with E-state index >= 15 is 0 Å². The first-order valence-electron chi connectivity index (χ1n) is 6.93. The number of carboxylic acid groups (broad SMARTS) is 1. The summed E-state index contributed by atoms with van der Waals surface area (Å²) in [6.45, 7) is 3.67.